The van der Waals surface area contributed by atoms with Crippen molar-refractivity contribution in [3.8, 4) is 45.5 Å². The van der Waals surface area contributed by atoms with Crippen LogP contribution in [0.2, 0.25) is 0 Å². The van der Waals surface area contributed by atoms with E-state index in [1.807, 2.05) is 18.2 Å². The largest absolute Gasteiger partial charge is 0.455 e. The molecule has 0 atom stereocenters. The quantitative estimate of drug-likeness (QED) is 0.219. The Morgan fingerprint density at radius 1 is 0.500 bits per heavy atom. The van der Waals surface area contributed by atoms with E-state index in [9.17, 15) is 10.5 Å². The van der Waals surface area contributed by atoms with Gasteiger partial charge in [-0.3, -0.25) is 0 Å². The molecule has 4 heteroatoms. The molecule has 2 heterocycles. The number of hydrogen-bond donors (Lipinski definition) is 0. The molecule has 8 aromatic rings. The van der Waals surface area contributed by atoms with E-state index in [1.165, 1.54) is 20.2 Å². The van der Waals surface area contributed by atoms with Crippen molar-refractivity contribution in [2.75, 3.05) is 0 Å². The summed E-state index contributed by atoms with van der Waals surface area (Å²) in [4.78, 5) is 0. The van der Waals surface area contributed by atoms with Gasteiger partial charge in [-0.15, -0.1) is 11.3 Å². The highest BCUT2D eigenvalue weighted by Crippen LogP contribution is 2.42. The van der Waals surface area contributed by atoms with Gasteiger partial charge in [0.05, 0.1) is 23.3 Å². The van der Waals surface area contributed by atoms with Crippen LogP contribution in [0.25, 0.3) is 75.5 Å². The van der Waals surface area contributed by atoms with Gasteiger partial charge >= 0.3 is 0 Å². The molecule has 0 unspecified atom stereocenters. The smallest absolute Gasteiger partial charge is 0.143 e. The van der Waals surface area contributed by atoms with E-state index in [-0.39, 0.29) is 0 Å². The fraction of sp³-hybridized carbons (Fsp3) is 0. The Balaban J connectivity index is 1.42. The fourth-order valence-corrected chi connectivity index (χ4v) is 7.17. The zero-order chi connectivity index (χ0) is 28.2. The van der Waals surface area contributed by atoms with E-state index in [0.717, 1.165) is 49.8 Å². The van der Waals surface area contributed by atoms with Crippen LogP contribution in [0.5, 0.6) is 0 Å². The third-order valence-corrected chi connectivity index (χ3v) is 9.09. The number of thiophene rings is 1. The summed E-state index contributed by atoms with van der Waals surface area (Å²) in [5, 5.41) is 24.6. The van der Waals surface area contributed by atoms with E-state index in [1.54, 1.807) is 29.5 Å². The van der Waals surface area contributed by atoms with E-state index in [0.29, 0.717) is 16.7 Å². The molecule has 3 nitrogen and oxygen atoms in total. The molecule has 42 heavy (non-hydrogen) atoms. The van der Waals surface area contributed by atoms with Gasteiger partial charge in [0.25, 0.3) is 0 Å². The summed E-state index contributed by atoms with van der Waals surface area (Å²) in [6.07, 6.45) is 0. The van der Waals surface area contributed by atoms with Crippen LogP contribution in [0.3, 0.4) is 0 Å². The highest BCUT2D eigenvalue weighted by Gasteiger charge is 2.17. The number of benzene rings is 6. The second-order valence-corrected chi connectivity index (χ2v) is 11.4. The minimum absolute atomic E-state index is 0.471. The summed E-state index contributed by atoms with van der Waals surface area (Å²) in [7, 11) is 0. The Hall–Kier alpha value is -5.68. The first-order chi connectivity index (χ1) is 20.7. The maximum absolute atomic E-state index is 10.0. The van der Waals surface area contributed by atoms with Crippen LogP contribution >= 0.6 is 11.3 Å². The average Bonchev–Trinajstić information content (AvgIpc) is 3.62. The van der Waals surface area contributed by atoms with Crippen LogP contribution in [0.15, 0.2) is 126 Å². The Kier molecular flexibility index (Phi) is 5.44. The van der Waals surface area contributed by atoms with Crippen molar-refractivity contribution >= 4 is 53.4 Å². The number of fused-ring (bicyclic) bond motifs is 6. The minimum Gasteiger partial charge on any atom is -0.455 e. The van der Waals surface area contributed by atoms with Crippen molar-refractivity contribution in [3.63, 3.8) is 0 Å². The van der Waals surface area contributed by atoms with Gasteiger partial charge in [0, 0.05) is 42.1 Å². The number of hydrogen-bond acceptors (Lipinski definition) is 4. The van der Waals surface area contributed by atoms with Gasteiger partial charge in [0.15, 0.2) is 0 Å². The van der Waals surface area contributed by atoms with Crippen molar-refractivity contribution in [2.45, 2.75) is 0 Å². The summed E-state index contributed by atoms with van der Waals surface area (Å²) < 4.78 is 8.89. The molecular weight excluding hydrogens is 532 g/mol. The fourth-order valence-electron chi connectivity index (χ4n) is 6.02. The molecule has 0 radical (unpaired) electrons. The second-order valence-electron chi connectivity index (χ2n) is 10.3. The van der Waals surface area contributed by atoms with Gasteiger partial charge in [-0.05, 0) is 70.8 Å². The van der Waals surface area contributed by atoms with Crippen LogP contribution < -0.4 is 0 Å². The zero-order valence-electron chi connectivity index (χ0n) is 22.3. The maximum atomic E-state index is 10.0. The molecule has 6 aromatic carbocycles. The monoisotopic (exact) mass is 552 g/mol. The Bertz CT molecular complexity index is 2420. The van der Waals surface area contributed by atoms with Gasteiger partial charge in [-0.25, -0.2) is 0 Å². The first kappa shape index (κ1) is 24.1. The van der Waals surface area contributed by atoms with Crippen LogP contribution in [-0.4, -0.2) is 0 Å². The van der Waals surface area contributed by atoms with Crippen molar-refractivity contribution in [3.05, 3.63) is 132 Å². The van der Waals surface area contributed by atoms with Gasteiger partial charge < -0.3 is 4.42 Å². The zero-order valence-corrected chi connectivity index (χ0v) is 23.1. The lowest BCUT2D eigenvalue weighted by Gasteiger charge is -2.13. The van der Waals surface area contributed by atoms with Crippen LogP contribution in [-0.2, 0) is 0 Å². The van der Waals surface area contributed by atoms with Crippen molar-refractivity contribution < 1.29 is 4.42 Å². The molecule has 0 saturated heterocycles. The summed E-state index contributed by atoms with van der Waals surface area (Å²) in [6.45, 7) is 0. The lowest BCUT2D eigenvalue weighted by molar-refractivity contribution is 0.670. The van der Waals surface area contributed by atoms with Crippen LogP contribution in [0.1, 0.15) is 11.1 Å². The molecule has 0 aliphatic rings. The van der Waals surface area contributed by atoms with E-state index in [4.69, 9.17) is 4.42 Å². The van der Waals surface area contributed by atoms with Crippen LogP contribution in [0.4, 0.5) is 0 Å². The molecular formula is C38H20N2OS. The molecule has 2 aromatic heterocycles. The molecule has 0 spiro atoms. The first-order valence-corrected chi connectivity index (χ1v) is 14.4. The SMILES string of the molecule is N#Cc1cccc(C#N)c1-c1cc(-c2ccc3c(c2)sc2ccccc23)cc(-c2cccc3c2oc2ccccc23)c1. The molecule has 0 aliphatic heterocycles. The number of nitriles is 2. The van der Waals surface area contributed by atoms with Crippen molar-refractivity contribution in [2.24, 2.45) is 0 Å². The molecule has 0 amide bonds. The number of para-hydroxylation sites is 2. The molecule has 194 valence electrons. The van der Waals surface area contributed by atoms with Crippen molar-refractivity contribution in [1.29, 1.82) is 10.5 Å². The summed E-state index contributed by atoms with van der Waals surface area (Å²) in [6, 6.07) is 45.6. The van der Waals surface area contributed by atoms with Gasteiger partial charge in [0.2, 0.25) is 0 Å². The van der Waals surface area contributed by atoms with Crippen LogP contribution in [0, 0.1) is 22.7 Å². The standard InChI is InChI=1S/C38H20N2OS/c39-21-24-7-5-8-25(22-40)37(24)28-18-26(23-15-16-32-31-10-2-4-14-35(31)42-36(32)20-23)17-27(19-28)29-11-6-12-33-30-9-1-3-13-34(30)41-38(29)33/h1-20H. The Labute approximate surface area is 245 Å². The van der Waals surface area contributed by atoms with E-state index < -0.39 is 0 Å². The average molecular weight is 553 g/mol. The Morgan fingerprint density at radius 3 is 2.00 bits per heavy atom. The van der Waals surface area contributed by atoms with E-state index >= 15 is 0 Å². The van der Waals surface area contributed by atoms with E-state index in [2.05, 4.69) is 97.1 Å². The highest BCUT2D eigenvalue weighted by atomic mass is 32.1. The number of rotatable bonds is 3. The molecule has 0 N–H and O–H groups in total. The Morgan fingerprint density at radius 2 is 1.17 bits per heavy atom. The minimum atomic E-state index is 0.471. The van der Waals surface area contributed by atoms with Gasteiger partial charge in [0.1, 0.15) is 11.2 Å². The predicted octanol–water partition coefficient (Wildman–Crippen LogP) is 10.7. The topological polar surface area (TPSA) is 60.7 Å². The third-order valence-electron chi connectivity index (χ3n) is 7.95. The van der Waals surface area contributed by atoms with Gasteiger partial charge in [-0.2, -0.15) is 10.5 Å². The predicted molar refractivity (Wildman–Crippen MR) is 172 cm³/mol. The summed E-state index contributed by atoms with van der Waals surface area (Å²) in [5.41, 5.74) is 8.06. The first-order valence-electron chi connectivity index (χ1n) is 13.6. The molecule has 0 fully saturated rings. The summed E-state index contributed by atoms with van der Waals surface area (Å²) >= 11 is 1.79. The molecule has 8 rings (SSSR count). The highest BCUT2D eigenvalue weighted by molar-refractivity contribution is 7.25. The molecule has 0 bridgehead atoms. The number of furan rings is 1. The molecule has 0 aliphatic carbocycles. The van der Waals surface area contributed by atoms with Crippen molar-refractivity contribution in [1.82, 2.24) is 0 Å². The molecule has 0 saturated carbocycles. The lowest BCUT2D eigenvalue weighted by Crippen LogP contribution is -1.92. The summed E-state index contributed by atoms with van der Waals surface area (Å²) in [5.74, 6) is 0. The normalized spacial score (nSPS) is 11.3. The number of nitrogens with zero attached hydrogens (tertiary/aromatic N) is 2. The second kappa shape index (κ2) is 9.46. The van der Waals surface area contributed by atoms with Gasteiger partial charge in [-0.1, -0.05) is 72.8 Å². The lowest BCUT2D eigenvalue weighted by atomic mass is 9.89. The maximum Gasteiger partial charge on any atom is 0.143 e. The third kappa shape index (κ3) is 3.71.